The average molecular weight is 338 g/mol. The summed E-state index contributed by atoms with van der Waals surface area (Å²) in [5.74, 6) is -0.146. The number of amides is 1. The minimum atomic E-state index is -3.59. The number of hydrogen-bond donors (Lipinski definition) is 2. The Labute approximate surface area is 134 Å². The molecule has 0 saturated heterocycles. The van der Waals surface area contributed by atoms with Crippen LogP contribution in [-0.4, -0.2) is 14.3 Å². The molecule has 118 valence electrons. The summed E-state index contributed by atoms with van der Waals surface area (Å²) in [6, 6.07) is 10.5. The van der Waals surface area contributed by atoms with Gasteiger partial charge in [-0.15, -0.1) is 11.3 Å². The van der Waals surface area contributed by atoms with E-state index in [0.717, 1.165) is 28.2 Å². The van der Waals surface area contributed by atoms with Crippen LogP contribution < -0.4 is 10.0 Å². The van der Waals surface area contributed by atoms with Crippen molar-refractivity contribution in [3.8, 4) is 0 Å². The Hall–Kier alpha value is -1.86. The SMILES string of the molecule is CCc1ccc(NS(=O)(=O)c2ccc(CNC(C)=O)s2)cc1. The second-order valence-electron chi connectivity index (χ2n) is 4.79. The first-order chi connectivity index (χ1) is 10.4. The van der Waals surface area contributed by atoms with Crippen molar-refractivity contribution in [3.63, 3.8) is 0 Å². The molecule has 22 heavy (non-hydrogen) atoms. The first-order valence-corrected chi connectivity index (χ1v) is 9.15. The molecular formula is C15H18N2O3S2. The van der Waals surface area contributed by atoms with Crippen LogP contribution in [0.4, 0.5) is 5.69 Å². The molecule has 0 aliphatic rings. The summed E-state index contributed by atoms with van der Waals surface area (Å²) in [4.78, 5) is 11.7. The fourth-order valence-electron chi connectivity index (χ4n) is 1.82. The van der Waals surface area contributed by atoms with Gasteiger partial charge in [-0.2, -0.15) is 0 Å². The van der Waals surface area contributed by atoms with Crippen LogP contribution in [0.2, 0.25) is 0 Å². The zero-order valence-electron chi connectivity index (χ0n) is 12.4. The summed E-state index contributed by atoms with van der Waals surface area (Å²) in [6.07, 6.45) is 0.907. The van der Waals surface area contributed by atoms with Gasteiger partial charge in [-0.3, -0.25) is 9.52 Å². The van der Waals surface area contributed by atoms with E-state index in [2.05, 4.69) is 10.0 Å². The number of sulfonamides is 1. The second kappa shape index (κ2) is 6.93. The van der Waals surface area contributed by atoms with Crippen molar-refractivity contribution in [2.45, 2.75) is 31.0 Å². The summed E-state index contributed by atoms with van der Waals surface area (Å²) < 4.78 is 27.4. The summed E-state index contributed by atoms with van der Waals surface area (Å²) in [6.45, 7) is 3.80. The molecule has 7 heteroatoms. The van der Waals surface area contributed by atoms with Crippen molar-refractivity contribution in [1.29, 1.82) is 0 Å². The predicted molar refractivity (Wildman–Crippen MR) is 88.5 cm³/mol. The third-order valence-electron chi connectivity index (χ3n) is 3.03. The molecule has 1 amide bonds. The Balaban J connectivity index is 2.10. The molecule has 0 fully saturated rings. The van der Waals surface area contributed by atoms with E-state index in [9.17, 15) is 13.2 Å². The van der Waals surface area contributed by atoms with E-state index in [1.54, 1.807) is 24.3 Å². The highest BCUT2D eigenvalue weighted by Gasteiger charge is 2.17. The van der Waals surface area contributed by atoms with Gasteiger partial charge in [0.1, 0.15) is 4.21 Å². The Morgan fingerprint density at radius 2 is 1.82 bits per heavy atom. The molecule has 1 aromatic carbocycles. The lowest BCUT2D eigenvalue weighted by Gasteiger charge is -2.06. The smallest absolute Gasteiger partial charge is 0.271 e. The summed E-state index contributed by atoms with van der Waals surface area (Å²) >= 11 is 1.14. The minimum Gasteiger partial charge on any atom is -0.351 e. The van der Waals surface area contributed by atoms with Gasteiger partial charge in [0.05, 0.1) is 6.54 Å². The highest BCUT2D eigenvalue weighted by Crippen LogP contribution is 2.24. The minimum absolute atomic E-state index is 0.146. The monoisotopic (exact) mass is 338 g/mol. The van der Waals surface area contributed by atoms with E-state index in [-0.39, 0.29) is 10.1 Å². The molecule has 0 aliphatic heterocycles. The molecule has 1 heterocycles. The van der Waals surface area contributed by atoms with Crippen LogP contribution in [0.3, 0.4) is 0 Å². The molecule has 0 aliphatic carbocycles. The zero-order chi connectivity index (χ0) is 16.2. The normalized spacial score (nSPS) is 11.2. The molecule has 0 unspecified atom stereocenters. The number of aryl methyl sites for hydroxylation is 1. The maximum absolute atomic E-state index is 12.3. The lowest BCUT2D eigenvalue weighted by Crippen LogP contribution is -2.18. The summed E-state index contributed by atoms with van der Waals surface area (Å²) in [7, 11) is -3.59. The standard InChI is InChI=1S/C15H18N2O3S2/c1-3-12-4-6-13(7-5-12)17-22(19,20)15-9-8-14(21-15)10-16-11(2)18/h4-9,17H,3,10H2,1-2H3,(H,16,18). The Kier molecular flexibility index (Phi) is 5.20. The number of nitrogens with one attached hydrogen (secondary N) is 2. The maximum atomic E-state index is 12.3. The Morgan fingerprint density at radius 1 is 1.14 bits per heavy atom. The van der Waals surface area contributed by atoms with Gasteiger partial charge in [0, 0.05) is 17.5 Å². The first kappa shape index (κ1) is 16.5. The molecule has 2 aromatic rings. The van der Waals surface area contributed by atoms with Gasteiger partial charge in [-0.25, -0.2) is 8.42 Å². The van der Waals surface area contributed by atoms with Crippen LogP contribution >= 0.6 is 11.3 Å². The van der Waals surface area contributed by atoms with Crippen molar-refractivity contribution in [1.82, 2.24) is 5.32 Å². The first-order valence-electron chi connectivity index (χ1n) is 6.85. The maximum Gasteiger partial charge on any atom is 0.271 e. The molecule has 0 spiro atoms. The van der Waals surface area contributed by atoms with Crippen molar-refractivity contribution in [3.05, 3.63) is 46.8 Å². The van der Waals surface area contributed by atoms with E-state index >= 15 is 0 Å². The highest BCUT2D eigenvalue weighted by molar-refractivity contribution is 7.94. The fourth-order valence-corrected chi connectivity index (χ4v) is 4.18. The van der Waals surface area contributed by atoms with E-state index in [0.29, 0.717) is 12.2 Å². The third-order valence-corrected chi connectivity index (χ3v) is 5.99. The molecule has 2 N–H and O–H groups in total. The second-order valence-corrected chi connectivity index (χ2v) is 7.86. The predicted octanol–water partition coefficient (Wildman–Crippen LogP) is 2.75. The Bertz CT molecular complexity index is 749. The quantitative estimate of drug-likeness (QED) is 0.850. The molecule has 0 atom stereocenters. The number of carbonyl (C=O) groups excluding carboxylic acids is 1. The van der Waals surface area contributed by atoms with E-state index < -0.39 is 10.0 Å². The largest absolute Gasteiger partial charge is 0.351 e. The van der Waals surface area contributed by atoms with Crippen LogP contribution in [0.15, 0.2) is 40.6 Å². The summed E-state index contributed by atoms with van der Waals surface area (Å²) in [5, 5.41) is 2.65. The number of anilines is 1. The number of hydrogen-bond acceptors (Lipinski definition) is 4. The van der Waals surface area contributed by atoms with Crippen molar-refractivity contribution in [2.75, 3.05) is 4.72 Å². The lowest BCUT2D eigenvalue weighted by molar-refractivity contribution is -0.119. The fraction of sp³-hybridized carbons (Fsp3) is 0.267. The lowest BCUT2D eigenvalue weighted by atomic mass is 10.2. The van der Waals surface area contributed by atoms with E-state index in [1.165, 1.54) is 6.92 Å². The highest BCUT2D eigenvalue weighted by atomic mass is 32.2. The molecule has 0 saturated carbocycles. The Morgan fingerprint density at radius 3 is 2.41 bits per heavy atom. The zero-order valence-corrected chi connectivity index (χ0v) is 14.1. The topological polar surface area (TPSA) is 75.3 Å². The third kappa shape index (κ3) is 4.32. The van der Waals surface area contributed by atoms with Crippen LogP contribution in [-0.2, 0) is 27.8 Å². The van der Waals surface area contributed by atoms with Crippen molar-refractivity contribution < 1.29 is 13.2 Å². The van der Waals surface area contributed by atoms with E-state index in [4.69, 9.17) is 0 Å². The van der Waals surface area contributed by atoms with Gasteiger partial charge in [0.25, 0.3) is 10.0 Å². The molecule has 5 nitrogen and oxygen atoms in total. The molecular weight excluding hydrogens is 320 g/mol. The molecule has 0 bridgehead atoms. The number of rotatable bonds is 6. The van der Waals surface area contributed by atoms with Crippen LogP contribution in [0.1, 0.15) is 24.3 Å². The van der Waals surface area contributed by atoms with Gasteiger partial charge in [-0.1, -0.05) is 19.1 Å². The van der Waals surface area contributed by atoms with Gasteiger partial charge < -0.3 is 5.32 Å². The number of carbonyl (C=O) groups is 1. The number of benzene rings is 1. The molecule has 2 rings (SSSR count). The number of thiophene rings is 1. The summed E-state index contributed by atoms with van der Waals surface area (Å²) in [5.41, 5.74) is 1.69. The van der Waals surface area contributed by atoms with Crippen molar-refractivity contribution >= 4 is 33.0 Å². The van der Waals surface area contributed by atoms with Crippen LogP contribution in [0, 0.1) is 0 Å². The van der Waals surface area contributed by atoms with Gasteiger partial charge >= 0.3 is 0 Å². The van der Waals surface area contributed by atoms with Gasteiger partial charge in [-0.05, 0) is 36.2 Å². The van der Waals surface area contributed by atoms with Gasteiger partial charge in [0.2, 0.25) is 5.91 Å². The van der Waals surface area contributed by atoms with Gasteiger partial charge in [0.15, 0.2) is 0 Å². The average Bonchev–Trinajstić information content (AvgIpc) is 2.95. The van der Waals surface area contributed by atoms with Crippen LogP contribution in [0.25, 0.3) is 0 Å². The molecule has 0 radical (unpaired) electrons. The van der Waals surface area contributed by atoms with E-state index in [1.807, 2.05) is 19.1 Å². The van der Waals surface area contributed by atoms with Crippen LogP contribution in [0.5, 0.6) is 0 Å². The molecule has 1 aromatic heterocycles. The van der Waals surface area contributed by atoms with Crippen molar-refractivity contribution in [2.24, 2.45) is 0 Å².